The molecule has 0 aliphatic carbocycles. The first-order chi connectivity index (χ1) is 14.1. The van der Waals surface area contributed by atoms with E-state index in [1.807, 2.05) is 4.90 Å². The van der Waals surface area contributed by atoms with Crippen molar-refractivity contribution in [3.63, 3.8) is 0 Å². The fourth-order valence-corrected chi connectivity index (χ4v) is 3.77. The highest BCUT2D eigenvalue weighted by atomic mass is 19.1. The standard InChI is InChI=1S/C21H23FN2O5/c22-16-1-3-18(4-2-16)28-13-19-11-24(20(25)14-29-19)17-5-8-23(9-6-17)21(26)15-7-10-27-12-15/h1-4,7,10,12,17,19H,5-6,8-9,11,13-14H2. The van der Waals surface area contributed by atoms with Gasteiger partial charge in [-0.3, -0.25) is 9.59 Å². The minimum absolute atomic E-state index is 0.0195. The summed E-state index contributed by atoms with van der Waals surface area (Å²) in [5.41, 5.74) is 0.545. The lowest BCUT2D eigenvalue weighted by atomic mass is 10.0. The van der Waals surface area contributed by atoms with Gasteiger partial charge in [0, 0.05) is 19.1 Å². The van der Waals surface area contributed by atoms with Crippen LogP contribution in [-0.2, 0) is 9.53 Å². The first-order valence-corrected chi connectivity index (χ1v) is 9.71. The molecular weight excluding hydrogens is 379 g/mol. The average molecular weight is 402 g/mol. The maximum atomic E-state index is 13.0. The number of carbonyl (C=O) groups is 2. The van der Waals surface area contributed by atoms with Crippen LogP contribution >= 0.6 is 0 Å². The number of benzene rings is 1. The van der Waals surface area contributed by atoms with Gasteiger partial charge in [0.2, 0.25) is 5.91 Å². The van der Waals surface area contributed by atoms with Crippen molar-refractivity contribution in [2.24, 2.45) is 0 Å². The number of ether oxygens (including phenoxy) is 2. The number of piperidine rings is 1. The Morgan fingerprint density at radius 3 is 2.62 bits per heavy atom. The molecule has 0 bridgehead atoms. The maximum absolute atomic E-state index is 13.0. The Hall–Kier alpha value is -2.87. The van der Waals surface area contributed by atoms with Gasteiger partial charge in [0.25, 0.3) is 5.91 Å². The molecule has 1 unspecified atom stereocenters. The number of rotatable bonds is 5. The summed E-state index contributed by atoms with van der Waals surface area (Å²) in [5, 5.41) is 0. The first kappa shape index (κ1) is 19.4. The minimum atomic E-state index is -0.319. The molecule has 4 rings (SSSR count). The molecule has 2 aliphatic heterocycles. The predicted molar refractivity (Wildman–Crippen MR) is 101 cm³/mol. The van der Waals surface area contributed by atoms with Gasteiger partial charge in [-0.15, -0.1) is 0 Å². The molecule has 3 heterocycles. The van der Waals surface area contributed by atoms with Gasteiger partial charge in [0.15, 0.2) is 0 Å². The summed E-state index contributed by atoms with van der Waals surface area (Å²) >= 11 is 0. The van der Waals surface area contributed by atoms with Crippen molar-refractivity contribution in [3.05, 3.63) is 54.2 Å². The molecule has 154 valence electrons. The molecule has 0 radical (unpaired) electrons. The van der Waals surface area contributed by atoms with Crippen LogP contribution in [0.25, 0.3) is 0 Å². The van der Waals surface area contributed by atoms with Crippen molar-refractivity contribution in [2.45, 2.75) is 25.0 Å². The van der Waals surface area contributed by atoms with E-state index in [4.69, 9.17) is 13.9 Å². The number of halogens is 1. The van der Waals surface area contributed by atoms with E-state index in [9.17, 15) is 14.0 Å². The van der Waals surface area contributed by atoms with Crippen LogP contribution in [-0.4, -0.2) is 66.6 Å². The van der Waals surface area contributed by atoms with Gasteiger partial charge < -0.3 is 23.7 Å². The molecule has 2 aromatic rings. The van der Waals surface area contributed by atoms with Crippen LogP contribution in [0.2, 0.25) is 0 Å². The summed E-state index contributed by atoms with van der Waals surface area (Å²) in [6.07, 6.45) is 4.14. The summed E-state index contributed by atoms with van der Waals surface area (Å²) < 4.78 is 29.2. The normalized spacial score (nSPS) is 20.7. The van der Waals surface area contributed by atoms with Crippen molar-refractivity contribution >= 4 is 11.8 Å². The molecule has 0 spiro atoms. The molecule has 2 saturated heterocycles. The molecule has 29 heavy (non-hydrogen) atoms. The monoisotopic (exact) mass is 402 g/mol. The van der Waals surface area contributed by atoms with Crippen molar-refractivity contribution in [3.8, 4) is 5.75 Å². The van der Waals surface area contributed by atoms with E-state index in [1.165, 1.54) is 24.7 Å². The number of carbonyl (C=O) groups excluding carboxylic acids is 2. The summed E-state index contributed by atoms with van der Waals surface area (Å²) in [6, 6.07) is 7.54. The van der Waals surface area contributed by atoms with Crippen molar-refractivity contribution < 1.29 is 27.9 Å². The third kappa shape index (κ3) is 4.59. The minimum Gasteiger partial charge on any atom is -0.491 e. The van der Waals surface area contributed by atoms with Gasteiger partial charge in [0.1, 0.15) is 37.1 Å². The third-order valence-electron chi connectivity index (χ3n) is 5.37. The summed E-state index contributed by atoms with van der Waals surface area (Å²) in [5.74, 6) is 0.156. The van der Waals surface area contributed by atoms with Crippen LogP contribution in [0.3, 0.4) is 0 Å². The molecule has 2 aliphatic rings. The van der Waals surface area contributed by atoms with Crippen LogP contribution in [0.5, 0.6) is 5.75 Å². The van der Waals surface area contributed by atoms with Crippen LogP contribution < -0.4 is 4.74 Å². The highest BCUT2D eigenvalue weighted by molar-refractivity contribution is 5.93. The van der Waals surface area contributed by atoms with Crippen LogP contribution in [0.1, 0.15) is 23.2 Å². The molecule has 8 heteroatoms. The zero-order valence-electron chi connectivity index (χ0n) is 16.0. The van der Waals surface area contributed by atoms with Gasteiger partial charge in [-0.05, 0) is 43.2 Å². The molecule has 0 saturated carbocycles. The largest absolute Gasteiger partial charge is 0.491 e. The van der Waals surface area contributed by atoms with E-state index in [0.29, 0.717) is 30.9 Å². The van der Waals surface area contributed by atoms with E-state index in [1.54, 1.807) is 23.1 Å². The average Bonchev–Trinajstić information content (AvgIpc) is 3.29. The van der Waals surface area contributed by atoms with Crippen molar-refractivity contribution in [2.75, 3.05) is 32.8 Å². The van der Waals surface area contributed by atoms with Gasteiger partial charge >= 0.3 is 0 Å². The molecule has 7 nitrogen and oxygen atoms in total. The van der Waals surface area contributed by atoms with E-state index in [0.717, 1.165) is 12.8 Å². The second-order valence-corrected chi connectivity index (χ2v) is 7.28. The third-order valence-corrected chi connectivity index (χ3v) is 5.37. The number of hydrogen-bond acceptors (Lipinski definition) is 5. The first-order valence-electron chi connectivity index (χ1n) is 9.71. The molecule has 0 N–H and O–H groups in total. The number of hydrogen-bond donors (Lipinski definition) is 0. The zero-order chi connectivity index (χ0) is 20.2. The Labute approximate surface area is 168 Å². The Bertz CT molecular complexity index is 831. The predicted octanol–water partition coefficient (Wildman–Crippen LogP) is 2.33. The SMILES string of the molecule is O=C(c1ccoc1)N1CCC(N2CC(COc3ccc(F)cc3)OCC2=O)CC1. The quantitative estimate of drug-likeness (QED) is 0.768. The molecule has 1 atom stereocenters. The maximum Gasteiger partial charge on any atom is 0.257 e. The molecule has 2 amide bonds. The highest BCUT2D eigenvalue weighted by Gasteiger charge is 2.34. The number of furan rings is 1. The van der Waals surface area contributed by atoms with Gasteiger partial charge in [-0.25, -0.2) is 4.39 Å². The van der Waals surface area contributed by atoms with E-state index < -0.39 is 0 Å². The highest BCUT2D eigenvalue weighted by Crippen LogP contribution is 2.22. The van der Waals surface area contributed by atoms with Crippen LogP contribution in [0.15, 0.2) is 47.3 Å². The summed E-state index contributed by atoms with van der Waals surface area (Å²) in [4.78, 5) is 28.4. The number of likely N-dealkylation sites (tertiary alicyclic amines) is 1. The summed E-state index contributed by atoms with van der Waals surface area (Å²) in [7, 11) is 0. The fraction of sp³-hybridized carbons (Fsp3) is 0.429. The van der Waals surface area contributed by atoms with E-state index in [2.05, 4.69) is 0 Å². The lowest BCUT2D eigenvalue weighted by Crippen LogP contribution is -2.55. The van der Waals surface area contributed by atoms with E-state index >= 15 is 0 Å². The second kappa shape index (κ2) is 8.65. The van der Waals surface area contributed by atoms with Crippen LogP contribution in [0.4, 0.5) is 4.39 Å². The fourth-order valence-electron chi connectivity index (χ4n) is 3.77. The smallest absolute Gasteiger partial charge is 0.257 e. The number of nitrogens with zero attached hydrogens (tertiary/aromatic N) is 2. The molecule has 1 aromatic heterocycles. The topological polar surface area (TPSA) is 72.2 Å². The van der Waals surface area contributed by atoms with Crippen LogP contribution in [0, 0.1) is 5.82 Å². The van der Waals surface area contributed by atoms with Crippen molar-refractivity contribution in [1.29, 1.82) is 0 Å². The Kier molecular flexibility index (Phi) is 5.80. The lowest BCUT2D eigenvalue weighted by molar-refractivity contribution is -0.155. The Morgan fingerprint density at radius 1 is 1.17 bits per heavy atom. The lowest BCUT2D eigenvalue weighted by Gasteiger charge is -2.42. The van der Waals surface area contributed by atoms with Gasteiger partial charge in [-0.2, -0.15) is 0 Å². The Morgan fingerprint density at radius 2 is 1.93 bits per heavy atom. The van der Waals surface area contributed by atoms with Gasteiger partial charge in [-0.1, -0.05) is 0 Å². The van der Waals surface area contributed by atoms with E-state index in [-0.39, 0.29) is 43.0 Å². The molecule has 1 aromatic carbocycles. The van der Waals surface area contributed by atoms with Gasteiger partial charge in [0.05, 0.1) is 18.4 Å². The Balaban J connectivity index is 1.29. The number of morpholine rings is 1. The number of amides is 2. The molecular formula is C21H23FN2O5. The summed E-state index contributed by atoms with van der Waals surface area (Å²) in [6.45, 7) is 1.94. The molecule has 2 fully saturated rings. The van der Waals surface area contributed by atoms with Crippen molar-refractivity contribution in [1.82, 2.24) is 9.80 Å². The second-order valence-electron chi connectivity index (χ2n) is 7.28. The zero-order valence-corrected chi connectivity index (χ0v) is 16.0.